The Balaban J connectivity index is 1.69. The number of hydrogen-bond donors (Lipinski definition) is 1. The number of nitrogens with one attached hydrogen (secondary N) is 1. The zero-order valence-electron chi connectivity index (χ0n) is 14.3. The molecule has 1 aromatic heterocycles. The second-order valence-electron chi connectivity index (χ2n) is 6.13. The summed E-state index contributed by atoms with van der Waals surface area (Å²) in [6.45, 7) is 0.868. The van der Waals surface area contributed by atoms with E-state index in [1.807, 2.05) is 0 Å². The van der Waals surface area contributed by atoms with Gasteiger partial charge in [-0.15, -0.1) is 0 Å². The molecular weight excluding hydrogens is 349 g/mol. The molecule has 136 valence electrons. The summed E-state index contributed by atoms with van der Waals surface area (Å²) in [6, 6.07) is 13.1. The van der Waals surface area contributed by atoms with Gasteiger partial charge < -0.3 is 14.6 Å². The topological polar surface area (TPSA) is 75.4 Å². The third-order valence-electron chi connectivity index (χ3n) is 4.36. The van der Waals surface area contributed by atoms with Gasteiger partial charge in [-0.05, 0) is 24.3 Å². The van der Waals surface area contributed by atoms with Gasteiger partial charge in [0.15, 0.2) is 5.76 Å². The summed E-state index contributed by atoms with van der Waals surface area (Å²) in [5.41, 5.74) is 1.18. The molecule has 1 N–H and O–H groups in total. The van der Waals surface area contributed by atoms with Crippen molar-refractivity contribution in [3.05, 3.63) is 66.1 Å². The summed E-state index contributed by atoms with van der Waals surface area (Å²) in [5, 5.41) is 2.69. The second-order valence-corrected chi connectivity index (χ2v) is 6.13. The zero-order chi connectivity index (χ0) is 18.8. The Morgan fingerprint density at radius 2 is 1.85 bits per heavy atom. The number of carbonyl (C=O) groups is 2. The van der Waals surface area contributed by atoms with E-state index in [1.165, 1.54) is 17.2 Å². The number of benzene rings is 2. The first-order valence-corrected chi connectivity index (χ1v) is 8.49. The van der Waals surface area contributed by atoms with Crippen molar-refractivity contribution in [1.29, 1.82) is 0 Å². The number of aromatic nitrogens is 1. The van der Waals surface area contributed by atoms with Crippen molar-refractivity contribution in [3.8, 4) is 22.8 Å². The van der Waals surface area contributed by atoms with E-state index < -0.39 is 5.82 Å². The van der Waals surface area contributed by atoms with Crippen LogP contribution in [0.5, 0.6) is 0 Å². The first kappa shape index (κ1) is 17.0. The minimum atomic E-state index is -0.413. The molecule has 0 bridgehead atoms. The lowest BCUT2D eigenvalue weighted by atomic mass is 10.1. The Morgan fingerprint density at radius 1 is 1.11 bits per heavy atom. The van der Waals surface area contributed by atoms with Crippen LogP contribution in [0, 0.1) is 5.82 Å². The average Bonchev–Trinajstić information content (AvgIpc) is 3.17. The van der Waals surface area contributed by atoms with E-state index in [-0.39, 0.29) is 30.0 Å². The van der Waals surface area contributed by atoms with Crippen LogP contribution in [0.1, 0.15) is 10.4 Å². The van der Waals surface area contributed by atoms with Gasteiger partial charge in [0.1, 0.15) is 5.82 Å². The molecule has 2 aromatic carbocycles. The molecule has 2 heterocycles. The number of rotatable bonds is 3. The van der Waals surface area contributed by atoms with E-state index in [4.69, 9.17) is 4.42 Å². The Bertz CT molecular complexity index is 1010. The summed E-state index contributed by atoms with van der Waals surface area (Å²) < 4.78 is 19.7. The SMILES string of the molecule is O=C1CN(C(=O)c2ccccc2-c2ncc(-c3ccccc3F)o2)CCN1. The van der Waals surface area contributed by atoms with Crippen LogP contribution >= 0.6 is 0 Å². The largest absolute Gasteiger partial charge is 0.436 e. The van der Waals surface area contributed by atoms with E-state index in [1.54, 1.807) is 42.5 Å². The van der Waals surface area contributed by atoms with Crippen LogP contribution in [0.15, 0.2) is 59.1 Å². The molecule has 7 heteroatoms. The summed E-state index contributed by atoms with van der Waals surface area (Å²) in [4.78, 5) is 30.2. The molecule has 0 saturated carbocycles. The fourth-order valence-corrected chi connectivity index (χ4v) is 3.02. The predicted octanol–water partition coefficient (Wildman–Crippen LogP) is 2.72. The molecule has 27 heavy (non-hydrogen) atoms. The van der Waals surface area contributed by atoms with Crippen LogP contribution in [0.4, 0.5) is 4.39 Å². The third-order valence-corrected chi connectivity index (χ3v) is 4.36. The fraction of sp³-hybridized carbons (Fsp3) is 0.150. The van der Waals surface area contributed by atoms with Crippen LogP contribution in [0.2, 0.25) is 0 Å². The maximum atomic E-state index is 14.0. The molecule has 6 nitrogen and oxygen atoms in total. The van der Waals surface area contributed by atoms with Gasteiger partial charge in [-0.25, -0.2) is 9.37 Å². The minimum absolute atomic E-state index is 0.0131. The van der Waals surface area contributed by atoms with Gasteiger partial charge in [-0.3, -0.25) is 9.59 Å². The van der Waals surface area contributed by atoms with Gasteiger partial charge in [0.05, 0.1) is 23.9 Å². The van der Waals surface area contributed by atoms with Crippen LogP contribution < -0.4 is 5.32 Å². The molecule has 4 rings (SSSR count). The smallest absolute Gasteiger partial charge is 0.255 e. The number of carbonyl (C=O) groups excluding carboxylic acids is 2. The third kappa shape index (κ3) is 3.31. The van der Waals surface area contributed by atoms with Crippen LogP contribution in [-0.2, 0) is 4.79 Å². The van der Waals surface area contributed by atoms with Gasteiger partial charge in [0.2, 0.25) is 11.8 Å². The van der Waals surface area contributed by atoms with Crippen LogP contribution in [0.25, 0.3) is 22.8 Å². The lowest BCUT2D eigenvalue weighted by Gasteiger charge is -2.27. The monoisotopic (exact) mass is 365 g/mol. The first-order chi connectivity index (χ1) is 13.1. The number of halogens is 1. The van der Waals surface area contributed by atoms with Gasteiger partial charge >= 0.3 is 0 Å². The van der Waals surface area contributed by atoms with Crippen LogP contribution in [-0.4, -0.2) is 41.3 Å². The molecule has 0 atom stereocenters. The number of hydrogen-bond acceptors (Lipinski definition) is 4. The zero-order valence-corrected chi connectivity index (χ0v) is 14.3. The molecule has 1 fully saturated rings. The van der Waals surface area contributed by atoms with E-state index in [0.717, 1.165) is 0 Å². The standard InChI is InChI=1S/C20H16FN3O3/c21-16-8-4-3-7-15(16)17-11-23-19(27-17)13-5-1-2-6-14(13)20(26)24-10-9-22-18(25)12-24/h1-8,11H,9-10,12H2,(H,22,25). The van der Waals surface area contributed by atoms with Gasteiger partial charge in [-0.2, -0.15) is 0 Å². The van der Waals surface area contributed by atoms with Crippen molar-refractivity contribution in [2.45, 2.75) is 0 Å². The predicted molar refractivity (Wildman–Crippen MR) is 96.2 cm³/mol. The normalized spacial score (nSPS) is 14.1. The highest BCUT2D eigenvalue weighted by Crippen LogP contribution is 2.30. The van der Waals surface area contributed by atoms with E-state index in [0.29, 0.717) is 29.8 Å². The van der Waals surface area contributed by atoms with E-state index in [2.05, 4.69) is 10.3 Å². The Labute approximate surface area is 154 Å². The number of nitrogens with zero attached hydrogens (tertiary/aromatic N) is 2. The summed E-state index contributed by atoms with van der Waals surface area (Å²) in [7, 11) is 0. The number of oxazole rings is 1. The van der Waals surface area contributed by atoms with Crippen molar-refractivity contribution in [1.82, 2.24) is 15.2 Å². The maximum Gasteiger partial charge on any atom is 0.255 e. The summed E-state index contributed by atoms with van der Waals surface area (Å²) in [5.74, 6) is -0.374. The fourth-order valence-electron chi connectivity index (χ4n) is 3.02. The highest BCUT2D eigenvalue weighted by atomic mass is 19.1. The number of amides is 2. The molecule has 2 amide bonds. The molecule has 3 aromatic rings. The van der Waals surface area contributed by atoms with Crippen molar-refractivity contribution in [3.63, 3.8) is 0 Å². The van der Waals surface area contributed by atoms with Crippen molar-refractivity contribution in [2.75, 3.05) is 19.6 Å². The molecule has 0 radical (unpaired) electrons. The summed E-state index contributed by atoms with van der Waals surface area (Å²) in [6.07, 6.45) is 1.43. The van der Waals surface area contributed by atoms with E-state index >= 15 is 0 Å². The highest BCUT2D eigenvalue weighted by molar-refractivity contribution is 6.01. The van der Waals surface area contributed by atoms with Gasteiger partial charge in [0.25, 0.3) is 5.91 Å². The molecule has 0 unspecified atom stereocenters. The molecule has 1 aliphatic heterocycles. The quantitative estimate of drug-likeness (QED) is 0.774. The molecule has 0 aliphatic carbocycles. The lowest BCUT2D eigenvalue weighted by molar-refractivity contribution is -0.123. The number of piperazine rings is 1. The highest BCUT2D eigenvalue weighted by Gasteiger charge is 2.25. The van der Waals surface area contributed by atoms with E-state index in [9.17, 15) is 14.0 Å². The van der Waals surface area contributed by atoms with Crippen molar-refractivity contribution >= 4 is 11.8 Å². The van der Waals surface area contributed by atoms with Crippen molar-refractivity contribution in [2.24, 2.45) is 0 Å². The second kappa shape index (κ2) is 7.03. The maximum absolute atomic E-state index is 14.0. The van der Waals surface area contributed by atoms with Crippen LogP contribution in [0.3, 0.4) is 0 Å². The lowest BCUT2D eigenvalue weighted by Crippen LogP contribution is -2.50. The Kier molecular flexibility index (Phi) is 4.42. The Morgan fingerprint density at radius 3 is 2.63 bits per heavy atom. The molecule has 0 spiro atoms. The first-order valence-electron chi connectivity index (χ1n) is 8.49. The van der Waals surface area contributed by atoms with Gasteiger partial charge in [0, 0.05) is 18.7 Å². The molecule has 1 aliphatic rings. The molecule has 1 saturated heterocycles. The van der Waals surface area contributed by atoms with Gasteiger partial charge in [-0.1, -0.05) is 24.3 Å². The van der Waals surface area contributed by atoms with Crippen molar-refractivity contribution < 1.29 is 18.4 Å². The minimum Gasteiger partial charge on any atom is -0.436 e. The Hall–Kier alpha value is -3.48. The molecular formula is C20H16FN3O3. The summed E-state index contributed by atoms with van der Waals surface area (Å²) >= 11 is 0. The average molecular weight is 365 g/mol.